The normalized spacial score (nSPS) is 18.1. The molecule has 1 aliphatic heterocycles. The molecule has 10 nitrogen and oxygen atoms in total. The van der Waals surface area contributed by atoms with E-state index in [4.69, 9.17) is 10.5 Å². The van der Waals surface area contributed by atoms with Crippen molar-refractivity contribution < 1.29 is 19.1 Å². The van der Waals surface area contributed by atoms with Crippen LogP contribution in [0.2, 0.25) is 0 Å². The highest BCUT2D eigenvalue weighted by Gasteiger charge is 2.50. The molecule has 3 rings (SSSR count). The Kier molecular flexibility index (Phi) is 7.24. The summed E-state index contributed by atoms with van der Waals surface area (Å²) in [4.78, 5) is 42.7. The smallest absolute Gasteiger partial charge is 0.253 e. The molecule has 166 valence electrons. The van der Waals surface area contributed by atoms with E-state index in [1.54, 1.807) is 26.6 Å². The van der Waals surface area contributed by atoms with Gasteiger partial charge >= 0.3 is 0 Å². The standard InChI is InChI=1S/C21H28N6O4/c1-26(2)21(30)15(11-14-7-4-3-5-8-14)25-20(29)18-17(31-18)19(28)23-9-6-10-27-12-16(22)24-13-27/h3-5,7-8,12-13,15,17-18H,6,9-11,22H2,1-2H3,(H,23,28)(H,25,29)/t15-,17?,18?/m0/s1. The van der Waals surface area contributed by atoms with Gasteiger partial charge in [0.05, 0.1) is 6.33 Å². The molecule has 1 fully saturated rings. The van der Waals surface area contributed by atoms with Gasteiger partial charge in [0.2, 0.25) is 5.91 Å². The molecule has 1 aromatic carbocycles. The van der Waals surface area contributed by atoms with Crippen LogP contribution in [0.25, 0.3) is 0 Å². The van der Waals surface area contributed by atoms with Crippen LogP contribution in [0.1, 0.15) is 12.0 Å². The number of carbonyl (C=O) groups excluding carboxylic acids is 3. The highest BCUT2D eigenvalue weighted by Crippen LogP contribution is 2.22. The molecule has 10 heteroatoms. The lowest BCUT2D eigenvalue weighted by atomic mass is 10.0. The van der Waals surface area contributed by atoms with Gasteiger partial charge in [-0.25, -0.2) is 4.98 Å². The number of ether oxygens (including phenoxy) is 1. The summed E-state index contributed by atoms with van der Waals surface area (Å²) in [6.45, 7) is 1.09. The number of epoxide rings is 1. The number of aromatic nitrogens is 2. The maximum atomic E-state index is 12.6. The van der Waals surface area contributed by atoms with E-state index in [2.05, 4.69) is 15.6 Å². The fourth-order valence-electron chi connectivity index (χ4n) is 3.20. The average Bonchev–Trinajstić information content (AvgIpc) is 3.46. The second-order valence-corrected chi connectivity index (χ2v) is 7.64. The van der Waals surface area contributed by atoms with Crippen LogP contribution in [0.3, 0.4) is 0 Å². The van der Waals surface area contributed by atoms with Crippen LogP contribution in [0, 0.1) is 0 Å². The molecule has 1 aliphatic rings. The maximum Gasteiger partial charge on any atom is 0.253 e. The highest BCUT2D eigenvalue weighted by atomic mass is 16.6. The first-order valence-electron chi connectivity index (χ1n) is 10.1. The molecule has 1 aromatic heterocycles. The number of rotatable bonds is 10. The number of benzene rings is 1. The minimum absolute atomic E-state index is 0.223. The Balaban J connectivity index is 1.45. The minimum atomic E-state index is -0.887. The molecule has 0 spiro atoms. The Morgan fingerprint density at radius 3 is 2.55 bits per heavy atom. The molecule has 2 heterocycles. The Hall–Kier alpha value is -3.40. The summed E-state index contributed by atoms with van der Waals surface area (Å²) in [5.74, 6) is -0.587. The van der Waals surface area contributed by atoms with Gasteiger partial charge < -0.3 is 30.6 Å². The maximum absolute atomic E-state index is 12.6. The molecule has 2 unspecified atom stereocenters. The summed E-state index contributed by atoms with van der Waals surface area (Å²) in [6, 6.07) is 8.69. The monoisotopic (exact) mass is 428 g/mol. The van der Waals surface area contributed by atoms with Crippen LogP contribution in [-0.2, 0) is 32.1 Å². The molecular formula is C21H28N6O4. The predicted octanol–water partition coefficient (Wildman–Crippen LogP) is -0.445. The van der Waals surface area contributed by atoms with Gasteiger partial charge in [0, 0.05) is 39.8 Å². The number of aryl methyl sites for hydroxylation is 1. The molecule has 3 amide bonds. The van der Waals surface area contributed by atoms with E-state index < -0.39 is 24.2 Å². The third kappa shape index (κ3) is 6.29. The quantitative estimate of drug-likeness (QED) is 0.347. The summed E-state index contributed by atoms with van der Waals surface area (Å²) < 4.78 is 7.10. The number of carbonyl (C=O) groups is 3. The van der Waals surface area contributed by atoms with Gasteiger partial charge in [-0.3, -0.25) is 14.4 Å². The lowest BCUT2D eigenvalue weighted by Gasteiger charge is -2.21. The molecule has 3 atom stereocenters. The van der Waals surface area contributed by atoms with Crippen molar-refractivity contribution in [3.63, 3.8) is 0 Å². The van der Waals surface area contributed by atoms with Crippen LogP contribution in [0.5, 0.6) is 0 Å². The Labute approximate surface area is 180 Å². The SMILES string of the molecule is CN(C)C(=O)[C@H](Cc1ccccc1)NC(=O)C1OC1C(=O)NCCCn1cnc(N)c1. The zero-order chi connectivity index (χ0) is 22.4. The summed E-state index contributed by atoms with van der Waals surface area (Å²) in [5.41, 5.74) is 6.48. The summed E-state index contributed by atoms with van der Waals surface area (Å²) >= 11 is 0. The number of nitrogen functional groups attached to an aromatic ring is 1. The highest BCUT2D eigenvalue weighted by molar-refractivity contribution is 5.97. The van der Waals surface area contributed by atoms with E-state index in [1.165, 1.54) is 4.90 Å². The van der Waals surface area contributed by atoms with Gasteiger partial charge in [0.15, 0.2) is 12.2 Å². The van der Waals surface area contributed by atoms with Crippen molar-refractivity contribution in [3.8, 4) is 0 Å². The molecule has 2 aromatic rings. The number of amides is 3. The largest absolute Gasteiger partial charge is 0.382 e. The number of nitrogens with two attached hydrogens (primary N) is 1. The molecule has 31 heavy (non-hydrogen) atoms. The number of nitrogens with one attached hydrogen (secondary N) is 2. The number of imidazole rings is 1. The average molecular weight is 428 g/mol. The van der Waals surface area contributed by atoms with Gasteiger partial charge in [-0.1, -0.05) is 30.3 Å². The van der Waals surface area contributed by atoms with Gasteiger partial charge in [-0.05, 0) is 12.0 Å². The molecule has 0 saturated carbocycles. The summed E-state index contributed by atoms with van der Waals surface area (Å²) in [7, 11) is 3.27. The molecule has 0 bridgehead atoms. The third-order valence-corrected chi connectivity index (χ3v) is 4.89. The van der Waals surface area contributed by atoms with E-state index in [0.29, 0.717) is 31.7 Å². The second kappa shape index (κ2) is 10.1. The first-order valence-corrected chi connectivity index (χ1v) is 10.1. The van der Waals surface area contributed by atoms with Crippen LogP contribution in [0.4, 0.5) is 5.82 Å². The van der Waals surface area contributed by atoms with E-state index >= 15 is 0 Å². The number of likely N-dealkylation sites (N-methyl/N-ethyl adjacent to an activating group) is 1. The van der Waals surface area contributed by atoms with Crippen molar-refractivity contribution in [1.82, 2.24) is 25.1 Å². The van der Waals surface area contributed by atoms with Gasteiger partial charge in [0.25, 0.3) is 11.8 Å². The van der Waals surface area contributed by atoms with Crippen molar-refractivity contribution in [1.29, 1.82) is 0 Å². The van der Waals surface area contributed by atoms with E-state index in [9.17, 15) is 14.4 Å². The fourth-order valence-corrected chi connectivity index (χ4v) is 3.20. The zero-order valence-corrected chi connectivity index (χ0v) is 17.7. The van der Waals surface area contributed by atoms with Gasteiger partial charge in [-0.2, -0.15) is 0 Å². The predicted molar refractivity (Wildman–Crippen MR) is 114 cm³/mol. The van der Waals surface area contributed by atoms with Crippen LogP contribution >= 0.6 is 0 Å². The minimum Gasteiger partial charge on any atom is -0.382 e. The van der Waals surface area contributed by atoms with Gasteiger partial charge in [0.1, 0.15) is 11.9 Å². The fraction of sp³-hybridized carbons (Fsp3) is 0.429. The number of hydrogen-bond donors (Lipinski definition) is 3. The van der Waals surface area contributed by atoms with E-state index in [1.807, 2.05) is 34.9 Å². The van der Waals surface area contributed by atoms with Crippen molar-refractivity contribution in [3.05, 3.63) is 48.4 Å². The second-order valence-electron chi connectivity index (χ2n) is 7.64. The lowest BCUT2D eigenvalue weighted by Crippen LogP contribution is -2.49. The van der Waals surface area contributed by atoms with Crippen molar-refractivity contribution in [2.75, 3.05) is 26.4 Å². The zero-order valence-electron chi connectivity index (χ0n) is 17.7. The Bertz CT molecular complexity index is 914. The first kappa shape index (κ1) is 22.3. The number of hydrogen-bond acceptors (Lipinski definition) is 6. The first-order chi connectivity index (χ1) is 14.8. The Morgan fingerprint density at radius 1 is 1.19 bits per heavy atom. The number of anilines is 1. The molecule has 0 aliphatic carbocycles. The molecule has 1 saturated heterocycles. The Morgan fingerprint density at radius 2 is 1.90 bits per heavy atom. The van der Waals surface area contributed by atoms with Crippen LogP contribution in [0.15, 0.2) is 42.9 Å². The molecule has 0 radical (unpaired) electrons. The van der Waals surface area contributed by atoms with Crippen molar-refractivity contribution >= 4 is 23.5 Å². The van der Waals surface area contributed by atoms with E-state index in [-0.39, 0.29) is 11.8 Å². The summed E-state index contributed by atoms with van der Waals surface area (Å²) in [5, 5.41) is 5.48. The number of nitrogens with zero attached hydrogens (tertiary/aromatic N) is 3. The van der Waals surface area contributed by atoms with Gasteiger partial charge in [-0.15, -0.1) is 0 Å². The van der Waals surface area contributed by atoms with Crippen LogP contribution in [-0.4, -0.2) is 71.1 Å². The third-order valence-electron chi connectivity index (χ3n) is 4.89. The molecule has 4 N–H and O–H groups in total. The topological polar surface area (TPSA) is 135 Å². The lowest BCUT2D eigenvalue weighted by molar-refractivity contribution is -0.134. The van der Waals surface area contributed by atoms with Crippen LogP contribution < -0.4 is 16.4 Å². The summed E-state index contributed by atoms with van der Waals surface area (Å²) in [6.07, 6.45) is 2.65. The van der Waals surface area contributed by atoms with E-state index in [0.717, 1.165) is 5.56 Å². The molecular weight excluding hydrogens is 400 g/mol. The van der Waals surface area contributed by atoms with Crippen molar-refractivity contribution in [2.24, 2.45) is 0 Å². The van der Waals surface area contributed by atoms with Crippen molar-refractivity contribution in [2.45, 2.75) is 37.6 Å².